The molecule has 0 bridgehead atoms. The monoisotopic (exact) mass is 436 g/mol. The third-order valence-electron chi connectivity index (χ3n) is 5.84. The molecule has 1 aliphatic heterocycles. The second-order valence-corrected chi connectivity index (χ2v) is 8.58. The fraction of sp³-hybridized carbons (Fsp3) is 0.333. The molecule has 3 rings (SSSR count). The highest BCUT2D eigenvalue weighted by Gasteiger charge is 2.58. The molecule has 0 saturated carbocycles. The molecule has 1 fully saturated rings. The number of carbonyl (C=O) groups excluding carboxylic acids is 2. The van der Waals surface area contributed by atoms with Gasteiger partial charge in [-0.2, -0.15) is 0 Å². The van der Waals surface area contributed by atoms with Gasteiger partial charge in [0, 0.05) is 12.1 Å². The molecule has 4 N–H and O–H groups in total. The highest BCUT2D eigenvalue weighted by Crippen LogP contribution is 2.40. The number of carbonyl (C=O) groups is 3. The summed E-state index contributed by atoms with van der Waals surface area (Å²) in [5.41, 5.74) is 5.97. The normalized spacial score (nSPS) is 19.5. The minimum atomic E-state index is -1.41. The van der Waals surface area contributed by atoms with Gasteiger partial charge in [0.25, 0.3) is 5.91 Å². The Labute approximate surface area is 187 Å². The first-order valence-corrected chi connectivity index (χ1v) is 10.4. The molecular weight excluding hydrogens is 408 g/mol. The van der Waals surface area contributed by atoms with Crippen LogP contribution in [-0.4, -0.2) is 44.7 Å². The Kier molecular flexibility index (Phi) is 6.34. The van der Waals surface area contributed by atoms with Crippen LogP contribution >= 0.6 is 0 Å². The van der Waals surface area contributed by atoms with E-state index in [4.69, 9.17) is 11.1 Å². The van der Waals surface area contributed by atoms with E-state index in [1.165, 1.54) is 4.90 Å². The molecule has 8 heteroatoms. The number of imide groups is 1. The lowest BCUT2D eigenvalue weighted by Crippen LogP contribution is -2.47. The Hall–Kier alpha value is -3.68. The molecule has 0 aromatic heterocycles. The van der Waals surface area contributed by atoms with Gasteiger partial charge >= 0.3 is 12.0 Å². The first kappa shape index (κ1) is 23.0. The van der Waals surface area contributed by atoms with Gasteiger partial charge in [-0.3, -0.25) is 10.2 Å². The lowest BCUT2D eigenvalue weighted by atomic mass is 9.88. The molecule has 0 aliphatic carbocycles. The summed E-state index contributed by atoms with van der Waals surface area (Å²) in [6, 6.07) is 13.9. The topological polar surface area (TPSA) is 128 Å². The van der Waals surface area contributed by atoms with Gasteiger partial charge in [-0.25, -0.2) is 14.5 Å². The van der Waals surface area contributed by atoms with E-state index >= 15 is 0 Å². The number of amides is 3. The zero-order valence-electron chi connectivity index (χ0n) is 18.4. The van der Waals surface area contributed by atoms with Crippen molar-refractivity contribution in [1.82, 2.24) is 9.80 Å². The molecular formula is C24H28N4O4. The van der Waals surface area contributed by atoms with Gasteiger partial charge < -0.3 is 15.7 Å². The quantitative estimate of drug-likeness (QED) is 0.333. The predicted molar refractivity (Wildman–Crippen MR) is 120 cm³/mol. The van der Waals surface area contributed by atoms with Crippen LogP contribution in [0.25, 0.3) is 0 Å². The zero-order chi connectivity index (χ0) is 23.6. The van der Waals surface area contributed by atoms with E-state index in [-0.39, 0.29) is 24.7 Å². The van der Waals surface area contributed by atoms with E-state index in [9.17, 15) is 19.5 Å². The van der Waals surface area contributed by atoms with Crippen LogP contribution in [0.4, 0.5) is 4.79 Å². The maximum absolute atomic E-state index is 13.7. The standard InChI is InChI=1S/C24H28N4O4/c1-15(2)13-19(21(29)30)28-22(31)24(3,18-11-9-17(10-12-18)20(25)26)27(23(28)32)14-16-7-5-4-6-8-16/h4-12,15,19H,13-14H2,1-3H3,(H3,25,26)(H,29,30)/t19?,24-/m0/s1. The highest BCUT2D eigenvalue weighted by atomic mass is 16.4. The van der Waals surface area contributed by atoms with Crippen LogP contribution in [0.1, 0.15) is 43.9 Å². The summed E-state index contributed by atoms with van der Waals surface area (Å²) in [7, 11) is 0. The number of nitrogens with one attached hydrogen (secondary N) is 1. The molecule has 2 atom stereocenters. The summed E-state index contributed by atoms with van der Waals surface area (Å²) in [5.74, 6) is -1.93. The van der Waals surface area contributed by atoms with Crippen LogP contribution in [0.2, 0.25) is 0 Å². The molecule has 0 radical (unpaired) electrons. The third kappa shape index (κ3) is 4.08. The number of amidine groups is 1. The van der Waals surface area contributed by atoms with E-state index in [0.29, 0.717) is 11.1 Å². The van der Waals surface area contributed by atoms with Gasteiger partial charge in [0.05, 0.1) is 0 Å². The smallest absolute Gasteiger partial charge is 0.329 e. The van der Waals surface area contributed by atoms with Crippen LogP contribution in [0.15, 0.2) is 54.6 Å². The number of hydrogen-bond acceptors (Lipinski definition) is 4. The molecule has 1 unspecified atom stereocenters. The lowest BCUT2D eigenvalue weighted by Gasteiger charge is -2.32. The molecule has 3 amide bonds. The van der Waals surface area contributed by atoms with E-state index in [0.717, 1.165) is 10.5 Å². The van der Waals surface area contributed by atoms with Crippen molar-refractivity contribution >= 4 is 23.7 Å². The molecule has 168 valence electrons. The maximum atomic E-state index is 13.7. The number of hydrogen-bond donors (Lipinski definition) is 3. The van der Waals surface area contributed by atoms with Crippen molar-refractivity contribution in [1.29, 1.82) is 5.41 Å². The summed E-state index contributed by atoms with van der Waals surface area (Å²) in [6.07, 6.45) is 0.158. The Morgan fingerprint density at radius 2 is 1.69 bits per heavy atom. The van der Waals surface area contributed by atoms with Gasteiger partial charge in [0.15, 0.2) is 0 Å². The summed E-state index contributed by atoms with van der Waals surface area (Å²) >= 11 is 0. The number of urea groups is 1. The molecule has 2 aromatic carbocycles. The molecule has 1 heterocycles. The van der Waals surface area contributed by atoms with Crippen molar-refractivity contribution in [2.75, 3.05) is 0 Å². The molecule has 8 nitrogen and oxygen atoms in total. The largest absolute Gasteiger partial charge is 0.480 e. The highest BCUT2D eigenvalue weighted by molar-refractivity contribution is 6.09. The Bertz CT molecular complexity index is 1040. The summed E-state index contributed by atoms with van der Waals surface area (Å²) in [6.45, 7) is 5.47. The summed E-state index contributed by atoms with van der Waals surface area (Å²) < 4.78 is 0. The molecule has 0 spiro atoms. The van der Waals surface area contributed by atoms with Crippen molar-refractivity contribution in [3.05, 3.63) is 71.3 Å². The van der Waals surface area contributed by atoms with Gasteiger partial charge in [-0.15, -0.1) is 0 Å². The Morgan fingerprint density at radius 3 is 2.19 bits per heavy atom. The average Bonchev–Trinajstić information content (AvgIpc) is 2.94. The number of nitrogens with zero attached hydrogens (tertiary/aromatic N) is 2. The van der Waals surface area contributed by atoms with Crippen LogP contribution in [-0.2, 0) is 21.7 Å². The number of rotatable bonds is 8. The van der Waals surface area contributed by atoms with E-state index < -0.39 is 29.5 Å². The van der Waals surface area contributed by atoms with Crippen molar-refractivity contribution in [2.24, 2.45) is 11.7 Å². The maximum Gasteiger partial charge on any atom is 0.329 e. The number of carboxylic acids is 1. The Morgan fingerprint density at radius 1 is 1.09 bits per heavy atom. The fourth-order valence-electron chi connectivity index (χ4n) is 4.04. The van der Waals surface area contributed by atoms with E-state index in [1.807, 2.05) is 44.2 Å². The number of carboxylic acid groups (broad SMARTS) is 1. The molecule has 2 aromatic rings. The predicted octanol–water partition coefficient (Wildman–Crippen LogP) is 3.15. The van der Waals surface area contributed by atoms with Gasteiger partial charge in [0.2, 0.25) is 0 Å². The third-order valence-corrected chi connectivity index (χ3v) is 5.84. The lowest BCUT2D eigenvalue weighted by molar-refractivity contribution is -0.148. The summed E-state index contributed by atoms with van der Waals surface area (Å²) in [4.78, 5) is 41.6. The van der Waals surface area contributed by atoms with Crippen LogP contribution in [0.3, 0.4) is 0 Å². The minimum absolute atomic E-state index is 0.0269. The van der Waals surface area contributed by atoms with Crippen molar-refractivity contribution in [3.63, 3.8) is 0 Å². The van der Waals surface area contributed by atoms with Gasteiger partial charge in [-0.05, 0) is 30.4 Å². The molecule has 1 aliphatic rings. The van der Waals surface area contributed by atoms with Gasteiger partial charge in [0.1, 0.15) is 17.4 Å². The van der Waals surface area contributed by atoms with Crippen molar-refractivity contribution in [3.8, 4) is 0 Å². The zero-order valence-corrected chi connectivity index (χ0v) is 18.4. The SMILES string of the molecule is CC(C)CC(C(=O)O)N1C(=O)N(Cc2ccccc2)[C@@](C)(c2ccc(C(=N)N)cc2)C1=O. The van der Waals surface area contributed by atoms with Crippen LogP contribution < -0.4 is 5.73 Å². The minimum Gasteiger partial charge on any atom is -0.480 e. The Balaban J connectivity index is 2.11. The number of benzene rings is 2. The number of nitrogen functional groups attached to an aromatic ring is 1. The van der Waals surface area contributed by atoms with Crippen molar-refractivity contribution in [2.45, 2.75) is 45.3 Å². The first-order chi connectivity index (χ1) is 15.1. The van der Waals surface area contributed by atoms with Gasteiger partial charge in [-0.1, -0.05) is 68.4 Å². The molecule has 1 saturated heterocycles. The van der Waals surface area contributed by atoms with Crippen molar-refractivity contribution < 1.29 is 19.5 Å². The number of nitrogens with two attached hydrogens (primary N) is 1. The van der Waals surface area contributed by atoms with E-state index in [1.54, 1.807) is 31.2 Å². The summed E-state index contributed by atoms with van der Waals surface area (Å²) in [5, 5.41) is 17.4. The fourth-order valence-corrected chi connectivity index (χ4v) is 4.04. The van der Waals surface area contributed by atoms with Crippen LogP contribution in [0.5, 0.6) is 0 Å². The number of aliphatic carboxylic acids is 1. The van der Waals surface area contributed by atoms with Crippen LogP contribution in [0, 0.1) is 11.3 Å². The van der Waals surface area contributed by atoms with E-state index in [2.05, 4.69) is 0 Å². The second-order valence-electron chi connectivity index (χ2n) is 8.58. The molecule has 32 heavy (non-hydrogen) atoms. The average molecular weight is 437 g/mol. The first-order valence-electron chi connectivity index (χ1n) is 10.4. The second kappa shape index (κ2) is 8.82.